The average Bonchev–Trinajstić information content (AvgIpc) is 3.65. The van der Waals surface area contributed by atoms with Crippen molar-refractivity contribution in [2.24, 2.45) is 0 Å². The Morgan fingerprint density at radius 1 is 0.476 bits per heavy atom. The van der Waals surface area contributed by atoms with Crippen LogP contribution in [-0.2, 0) is 0 Å². The summed E-state index contributed by atoms with van der Waals surface area (Å²) in [5.41, 5.74) is 31.0. The molecule has 42 heavy (non-hydrogen) atoms. The molecule has 0 aliphatic rings. The van der Waals surface area contributed by atoms with Gasteiger partial charge in [-0.25, -0.2) is 0 Å². The summed E-state index contributed by atoms with van der Waals surface area (Å²) < 4.78 is 2.32. The fraction of sp³-hybridized carbons (Fsp3) is 0. The van der Waals surface area contributed by atoms with Crippen molar-refractivity contribution in [3.63, 3.8) is 0 Å². The fourth-order valence-corrected chi connectivity index (χ4v) is 6.82. The Hall–Kier alpha value is -5.88. The van der Waals surface area contributed by atoms with E-state index in [9.17, 15) is 0 Å². The standard InChI is InChI=1S/C36H26N6/c37-20-9-12-29-26(15-20)27-18-22(10-13-30(27)40-29)42-33-7-2-1-4-24(33)35-25(16-21(38)17-34(35)42)19-8-11-23-32(14-19)41-31-6-3-5-28(39)36(23)31/h1-18,40-41H,37-39H2. The lowest BCUT2D eigenvalue weighted by Gasteiger charge is -2.11. The summed E-state index contributed by atoms with van der Waals surface area (Å²) in [5, 5.41) is 6.75. The van der Waals surface area contributed by atoms with Crippen LogP contribution in [-0.4, -0.2) is 14.5 Å². The number of aromatic amines is 2. The van der Waals surface area contributed by atoms with E-state index in [1.807, 2.05) is 30.3 Å². The van der Waals surface area contributed by atoms with Gasteiger partial charge in [0.2, 0.25) is 0 Å². The molecule has 0 atom stereocenters. The highest BCUT2D eigenvalue weighted by Gasteiger charge is 2.19. The van der Waals surface area contributed by atoms with Crippen LogP contribution < -0.4 is 17.2 Å². The van der Waals surface area contributed by atoms with Crippen molar-refractivity contribution in [2.75, 3.05) is 17.2 Å². The second kappa shape index (κ2) is 8.08. The first-order valence-electron chi connectivity index (χ1n) is 14.0. The van der Waals surface area contributed by atoms with Crippen LogP contribution in [0.25, 0.3) is 82.2 Å². The molecule has 200 valence electrons. The SMILES string of the molecule is Nc1ccc2[nH]c3ccc(-n4c5ccccc5c5c(-c6ccc7c(c6)[nH]c6cccc(N)c67)cc(N)cc54)cc3c2c1. The minimum atomic E-state index is 0.712. The summed E-state index contributed by atoms with van der Waals surface area (Å²) in [5.74, 6) is 0. The molecular weight excluding hydrogens is 516 g/mol. The Bertz CT molecular complexity index is 2560. The molecule has 0 spiro atoms. The predicted molar refractivity (Wildman–Crippen MR) is 178 cm³/mol. The van der Waals surface area contributed by atoms with Crippen molar-refractivity contribution in [3.05, 3.63) is 109 Å². The molecular formula is C36H26N6. The number of fused-ring (bicyclic) bond motifs is 9. The van der Waals surface area contributed by atoms with Crippen molar-refractivity contribution in [1.29, 1.82) is 0 Å². The van der Waals surface area contributed by atoms with E-state index >= 15 is 0 Å². The Balaban J connectivity index is 1.34. The summed E-state index contributed by atoms with van der Waals surface area (Å²) in [6, 6.07) is 37.8. The molecule has 0 saturated carbocycles. The van der Waals surface area contributed by atoms with Gasteiger partial charge in [-0.15, -0.1) is 0 Å². The smallest absolute Gasteiger partial charge is 0.0567 e. The van der Waals surface area contributed by atoms with Crippen molar-refractivity contribution >= 4 is 82.5 Å². The Morgan fingerprint density at radius 3 is 2.19 bits per heavy atom. The third kappa shape index (κ3) is 3.09. The van der Waals surface area contributed by atoms with Gasteiger partial charge in [0.05, 0.1) is 11.0 Å². The van der Waals surface area contributed by atoms with E-state index in [2.05, 4.69) is 93.4 Å². The summed E-state index contributed by atoms with van der Waals surface area (Å²) in [6.07, 6.45) is 0. The van der Waals surface area contributed by atoms with Gasteiger partial charge in [-0.05, 0) is 83.9 Å². The van der Waals surface area contributed by atoms with Gasteiger partial charge in [0.25, 0.3) is 0 Å². The molecule has 0 bridgehead atoms. The lowest BCUT2D eigenvalue weighted by Crippen LogP contribution is -1.95. The number of aromatic nitrogens is 3. The molecule has 9 aromatic rings. The maximum absolute atomic E-state index is 6.63. The van der Waals surface area contributed by atoms with Gasteiger partial charge in [-0.1, -0.05) is 36.4 Å². The van der Waals surface area contributed by atoms with Crippen LogP contribution in [0.4, 0.5) is 17.1 Å². The number of nitrogens with two attached hydrogens (primary N) is 3. The van der Waals surface area contributed by atoms with E-state index in [0.29, 0.717) is 5.69 Å². The van der Waals surface area contributed by atoms with Gasteiger partial charge < -0.3 is 31.7 Å². The molecule has 9 rings (SSSR count). The average molecular weight is 543 g/mol. The summed E-state index contributed by atoms with van der Waals surface area (Å²) >= 11 is 0. The number of hydrogen-bond donors (Lipinski definition) is 5. The van der Waals surface area contributed by atoms with Gasteiger partial charge in [0, 0.05) is 77.1 Å². The zero-order valence-corrected chi connectivity index (χ0v) is 22.6. The quantitative estimate of drug-likeness (QED) is 0.141. The number of nitrogens with zero attached hydrogens (tertiary/aromatic N) is 1. The van der Waals surface area contributed by atoms with E-state index in [1.165, 1.54) is 5.39 Å². The summed E-state index contributed by atoms with van der Waals surface area (Å²) in [4.78, 5) is 7.09. The molecule has 6 heteroatoms. The lowest BCUT2D eigenvalue weighted by atomic mass is 9.97. The van der Waals surface area contributed by atoms with Crippen molar-refractivity contribution < 1.29 is 0 Å². The van der Waals surface area contributed by atoms with Crippen LogP contribution >= 0.6 is 0 Å². The first kappa shape index (κ1) is 22.9. The summed E-state index contributed by atoms with van der Waals surface area (Å²) in [7, 11) is 0. The fourth-order valence-electron chi connectivity index (χ4n) is 6.82. The van der Waals surface area contributed by atoms with Crippen molar-refractivity contribution in [2.45, 2.75) is 0 Å². The molecule has 8 N–H and O–H groups in total. The Morgan fingerprint density at radius 2 is 1.29 bits per heavy atom. The number of para-hydroxylation sites is 1. The maximum atomic E-state index is 6.63. The highest BCUT2D eigenvalue weighted by Crippen LogP contribution is 2.42. The molecule has 0 fully saturated rings. The largest absolute Gasteiger partial charge is 0.399 e. The Labute approximate surface area is 239 Å². The van der Waals surface area contributed by atoms with Crippen LogP contribution in [0.5, 0.6) is 0 Å². The van der Waals surface area contributed by atoms with Gasteiger partial charge >= 0.3 is 0 Å². The maximum Gasteiger partial charge on any atom is 0.0567 e. The van der Waals surface area contributed by atoms with Crippen LogP contribution in [0.2, 0.25) is 0 Å². The third-order valence-corrected chi connectivity index (χ3v) is 8.63. The van der Waals surface area contributed by atoms with Gasteiger partial charge in [0.1, 0.15) is 0 Å². The molecule has 0 amide bonds. The molecule has 6 nitrogen and oxygen atoms in total. The minimum Gasteiger partial charge on any atom is -0.399 e. The van der Waals surface area contributed by atoms with Crippen molar-refractivity contribution in [3.8, 4) is 16.8 Å². The van der Waals surface area contributed by atoms with Gasteiger partial charge in [0.15, 0.2) is 0 Å². The normalized spacial score (nSPS) is 12.1. The van der Waals surface area contributed by atoms with E-state index in [4.69, 9.17) is 17.2 Å². The van der Waals surface area contributed by atoms with E-state index in [1.54, 1.807) is 0 Å². The summed E-state index contributed by atoms with van der Waals surface area (Å²) in [6.45, 7) is 0. The number of nitrogens with one attached hydrogen (secondary N) is 2. The molecule has 3 heterocycles. The molecule has 6 aromatic carbocycles. The van der Waals surface area contributed by atoms with Crippen LogP contribution in [0.15, 0.2) is 109 Å². The second-order valence-corrected chi connectivity index (χ2v) is 11.1. The highest BCUT2D eigenvalue weighted by atomic mass is 15.0. The molecule has 0 radical (unpaired) electrons. The number of anilines is 3. The lowest BCUT2D eigenvalue weighted by molar-refractivity contribution is 1.19. The van der Waals surface area contributed by atoms with Crippen LogP contribution in [0.3, 0.4) is 0 Å². The first-order valence-corrected chi connectivity index (χ1v) is 14.0. The number of nitrogen functional groups attached to an aromatic ring is 3. The molecule has 0 aliphatic heterocycles. The molecule has 0 aliphatic carbocycles. The number of hydrogen-bond acceptors (Lipinski definition) is 3. The third-order valence-electron chi connectivity index (χ3n) is 8.63. The van der Waals surface area contributed by atoms with E-state index in [-0.39, 0.29) is 0 Å². The molecule has 0 saturated heterocycles. The topological polar surface area (TPSA) is 115 Å². The number of H-pyrrole nitrogens is 2. The minimum absolute atomic E-state index is 0.712. The number of rotatable bonds is 2. The van der Waals surface area contributed by atoms with Gasteiger partial charge in [-0.3, -0.25) is 0 Å². The van der Waals surface area contributed by atoms with Gasteiger partial charge in [-0.2, -0.15) is 0 Å². The molecule has 0 unspecified atom stereocenters. The van der Waals surface area contributed by atoms with Crippen LogP contribution in [0.1, 0.15) is 0 Å². The second-order valence-electron chi connectivity index (χ2n) is 11.1. The number of benzene rings is 6. The first-order chi connectivity index (χ1) is 20.5. The monoisotopic (exact) mass is 542 g/mol. The zero-order chi connectivity index (χ0) is 28.1. The molecule has 3 aromatic heterocycles. The Kier molecular flexibility index (Phi) is 4.40. The predicted octanol–water partition coefficient (Wildman–Crippen LogP) is 8.47. The van der Waals surface area contributed by atoms with Crippen molar-refractivity contribution in [1.82, 2.24) is 14.5 Å². The van der Waals surface area contributed by atoms with E-state index in [0.717, 1.165) is 88.2 Å². The van der Waals surface area contributed by atoms with Crippen LogP contribution in [0, 0.1) is 0 Å². The zero-order valence-electron chi connectivity index (χ0n) is 22.6. The highest BCUT2D eigenvalue weighted by molar-refractivity contribution is 6.19. The van der Waals surface area contributed by atoms with E-state index < -0.39 is 0 Å².